The van der Waals surface area contributed by atoms with Crippen molar-refractivity contribution in [2.45, 2.75) is 18.9 Å². The average molecular weight is 311 g/mol. The van der Waals surface area contributed by atoms with E-state index in [-0.39, 0.29) is 5.92 Å². The van der Waals surface area contributed by atoms with Crippen LogP contribution in [0.2, 0.25) is 0 Å². The maximum atomic E-state index is 12.2. The predicted molar refractivity (Wildman–Crippen MR) is 89.8 cm³/mol. The van der Waals surface area contributed by atoms with Gasteiger partial charge in [-0.05, 0) is 17.0 Å². The van der Waals surface area contributed by atoms with Crippen LogP contribution in [-0.2, 0) is 4.79 Å². The Morgan fingerprint density at radius 3 is 2.00 bits per heavy atom. The minimum absolute atomic E-state index is 0.226. The first kappa shape index (κ1) is 16.7. The molecular weight excluding hydrogens is 290 g/mol. The van der Waals surface area contributed by atoms with E-state index in [1.807, 2.05) is 60.7 Å². The molecule has 23 heavy (non-hydrogen) atoms. The van der Waals surface area contributed by atoms with Crippen molar-refractivity contribution in [2.24, 2.45) is 5.73 Å². The highest BCUT2D eigenvalue weighted by atomic mass is 16.2. The molecule has 0 aromatic heterocycles. The molecule has 2 aromatic carbocycles. The molecule has 2 atom stereocenters. The van der Waals surface area contributed by atoms with Gasteiger partial charge in [0, 0.05) is 6.54 Å². The number of carbonyl (C=O) groups excluding carboxylic acids is 2. The van der Waals surface area contributed by atoms with Gasteiger partial charge >= 0.3 is 6.03 Å². The van der Waals surface area contributed by atoms with E-state index in [1.54, 1.807) is 0 Å². The van der Waals surface area contributed by atoms with E-state index < -0.39 is 18.0 Å². The molecule has 120 valence electrons. The fraction of sp³-hybridized carbons (Fsp3) is 0.222. The fourth-order valence-electron chi connectivity index (χ4n) is 2.40. The molecule has 0 unspecified atom stereocenters. The zero-order valence-electron chi connectivity index (χ0n) is 13.0. The highest BCUT2D eigenvalue weighted by Gasteiger charge is 2.22. The van der Waals surface area contributed by atoms with E-state index in [0.717, 1.165) is 5.56 Å². The molecule has 4 N–H and O–H groups in total. The topological polar surface area (TPSA) is 84.2 Å². The quantitative estimate of drug-likeness (QED) is 0.765. The van der Waals surface area contributed by atoms with Gasteiger partial charge in [-0.25, -0.2) is 4.79 Å². The van der Waals surface area contributed by atoms with Gasteiger partial charge in [0.1, 0.15) is 6.04 Å². The van der Waals surface area contributed by atoms with E-state index in [0.29, 0.717) is 6.54 Å². The summed E-state index contributed by atoms with van der Waals surface area (Å²) >= 11 is 0. The number of hydrogen-bond acceptors (Lipinski definition) is 3. The molecule has 0 heterocycles. The van der Waals surface area contributed by atoms with Gasteiger partial charge in [0.2, 0.25) is 5.91 Å². The second-order valence-electron chi connectivity index (χ2n) is 5.42. The lowest BCUT2D eigenvalue weighted by molar-refractivity contribution is -0.122. The van der Waals surface area contributed by atoms with Gasteiger partial charge < -0.3 is 11.1 Å². The first-order valence-electron chi connectivity index (χ1n) is 7.51. The van der Waals surface area contributed by atoms with Gasteiger partial charge in [-0.3, -0.25) is 10.1 Å². The molecule has 0 bridgehead atoms. The molecule has 0 aliphatic carbocycles. The van der Waals surface area contributed by atoms with Gasteiger partial charge in [-0.15, -0.1) is 0 Å². The Labute approximate surface area is 135 Å². The summed E-state index contributed by atoms with van der Waals surface area (Å²) in [4.78, 5) is 23.2. The van der Waals surface area contributed by atoms with Crippen molar-refractivity contribution in [1.82, 2.24) is 10.6 Å². The van der Waals surface area contributed by atoms with E-state index in [1.165, 1.54) is 5.56 Å². The van der Waals surface area contributed by atoms with Crippen molar-refractivity contribution in [2.75, 3.05) is 6.54 Å². The Kier molecular flexibility index (Phi) is 5.88. The number of urea groups is 1. The molecule has 5 nitrogen and oxygen atoms in total. The summed E-state index contributed by atoms with van der Waals surface area (Å²) in [6.45, 7) is 2.67. The van der Waals surface area contributed by atoms with E-state index in [4.69, 9.17) is 5.73 Å². The van der Waals surface area contributed by atoms with Gasteiger partial charge in [-0.1, -0.05) is 67.6 Å². The molecule has 5 heteroatoms. The average Bonchev–Trinajstić information content (AvgIpc) is 2.56. The Hall–Kier alpha value is -2.66. The molecule has 2 rings (SSSR count). The summed E-state index contributed by atoms with van der Waals surface area (Å²) in [5.74, 6) is -0.229. The maximum absolute atomic E-state index is 12.2. The van der Waals surface area contributed by atoms with Crippen LogP contribution in [0.25, 0.3) is 0 Å². The summed E-state index contributed by atoms with van der Waals surface area (Å²) in [5, 5.41) is 5.36. The summed E-state index contributed by atoms with van der Waals surface area (Å²) < 4.78 is 0. The molecule has 0 saturated carbocycles. The highest BCUT2D eigenvalue weighted by molar-refractivity contribution is 5.96. The molecule has 0 fully saturated rings. The summed E-state index contributed by atoms with van der Waals surface area (Å²) in [5.41, 5.74) is 7.02. The van der Waals surface area contributed by atoms with Crippen LogP contribution in [0.4, 0.5) is 4.79 Å². The third kappa shape index (κ3) is 4.93. The van der Waals surface area contributed by atoms with Crippen LogP contribution < -0.4 is 16.4 Å². The van der Waals surface area contributed by atoms with Crippen LogP contribution in [0.1, 0.15) is 30.0 Å². The monoisotopic (exact) mass is 311 g/mol. The van der Waals surface area contributed by atoms with Gasteiger partial charge in [0.05, 0.1) is 0 Å². The van der Waals surface area contributed by atoms with Crippen LogP contribution in [0.5, 0.6) is 0 Å². The number of amides is 3. The van der Waals surface area contributed by atoms with Crippen molar-refractivity contribution in [1.29, 1.82) is 0 Å². The Morgan fingerprint density at radius 1 is 0.957 bits per heavy atom. The molecule has 0 radical (unpaired) electrons. The number of imide groups is 1. The largest absolute Gasteiger partial charge is 0.351 e. The maximum Gasteiger partial charge on any atom is 0.318 e. The molecule has 3 amide bonds. The van der Waals surface area contributed by atoms with Crippen LogP contribution in [0.3, 0.4) is 0 Å². The summed E-state index contributed by atoms with van der Waals surface area (Å²) in [7, 11) is 0. The smallest absolute Gasteiger partial charge is 0.318 e. The normalized spacial score (nSPS) is 13.1. The van der Waals surface area contributed by atoms with E-state index in [2.05, 4.69) is 17.6 Å². The first-order valence-corrected chi connectivity index (χ1v) is 7.51. The zero-order chi connectivity index (χ0) is 16.7. The third-order valence-electron chi connectivity index (χ3n) is 3.64. The molecule has 0 spiro atoms. The molecular formula is C18H21N3O2. The standard InChI is InChI=1S/C18H21N3O2/c1-13(14-8-4-2-5-9-14)12-20-16(17(22)21-18(19)23)15-10-6-3-7-11-15/h2-11,13,16,20H,12H2,1H3,(H3,19,21,22,23)/t13-,16+/m1/s1. The number of rotatable bonds is 6. The van der Waals surface area contributed by atoms with Crippen molar-refractivity contribution >= 4 is 11.9 Å². The number of nitrogens with two attached hydrogens (primary N) is 1. The highest BCUT2D eigenvalue weighted by Crippen LogP contribution is 2.17. The van der Waals surface area contributed by atoms with Gasteiger partial charge in [-0.2, -0.15) is 0 Å². The number of primary amides is 1. The van der Waals surface area contributed by atoms with Crippen LogP contribution in [0.15, 0.2) is 60.7 Å². The van der Waals surface area contributed by atoms with Crippen molar-refractivity contribution < 1.29 is 9.59 Å². The molecule has 0 aliphatic rings. The minimum Gasteiger partial charge on any atom is -0.351 e. The number of benzene rings is 2. The lowest BCUT2D eigenvalue weighted by Gasteiger charge is -2.21. The van der Waals surface area contributed by atoms with Gasteiger partial charge in [0.25, 0.3) is 0 Å². The van der Waals surface area contributed by atoms with Crippen LogP contribution in [0, 0.1) is 0 Å². The number of hydrogen-bond donors (Lipinski definition) is 3. The van der Waals surface area contributed by atoms with Gasteiger partial charge in [0.15, 0.2) is 0 Å². The second-order valence-corrected chi connectivity index (χ2v) is 5.42. The summed E-state index contributed by atoms with van der Waals surface area (Å²) in [6, 6.07) is 17.8. The molecule has 0 aliphatic heterocycles. The SMILES string of the molecule is C[C@H](CN[C@H](C(=O)NC(N)=O)c1ccccc1)c1ccccc1. The Bertz CT molecular complexity index is 644. The third-order valence-corrected chi connectivity index (χ3v) is 3.64. The number of nitrogens with one attached hydrogen (secondary N) is 2. The van der Waals surface area contributed by atoms with Crippen molar-refractivity contribution in [3.05, 3.63) is 71.8 Å². The molecule has 0 saturated heterocycles. The minimum atomic E-state index is -0.853. The lowest BCUT2D eigenvalue weighted by atomic mass is 10.00. The Morgan fingerprint density at radius 2 is 1.48 bits per heavy atom. The first-order chi connectivity index (χ1) is 11.1. The van der Waals surface area contributed by atoms with Crippen LogP contribution >= 0.6 is 0 Å². The van der Waals surface area contributed by atoms with E-state index >= 15 is 0 Å². The van der Waals surface area contributed by atoms with E-state index in [9.17, 15) is 9.59 Å². The second kappa shape index (κ2) is 8.10. The summed E-state index contributed by atoms with van der Waals surface area (Å²) in [6.07, 6.45) is 0. The number of carbonyl (C=O) groups is 2. The lowest BCUT2D eigenvalue weighted by Crippen LogP contribution is -2.43. The molecule has 2 aromatic rings. The van der Waals surface area contributed by atoms with Crippen molar-refractivity contribution in [3.8, 4) is 0 Å². The fourth-order valence-corrected chi connectivity index (χ4v) is 2.40. The Balaban J connectivity index is 2.09. The zero-order valence-corrected chi connectivity index (χ0v) is 13.0. The van der Waals surface area contributed by atoms with Crippen LogP contribution in [-0.4, -0.2) is 18.5 Å². The van der Waals surface area contributed by atoms with Crippen molar-refractivity contribution in [3.63, 3.8) is 0 Å². The predicted octanol–water partition coefficient (Wildman–Crippen LogP) is 2.32.